The van der Waals surface area contributed by atoms with Crippen LogP contribution in [0.3, 0.4) is 0 Å². The summed E-state index contributed by atoms with van der Waals surface area (Å²) < 4.78 is 13.1. The second-order valence-corrected chi connectivity index (χ2v) is 11.0. The molecular formula is C33H33NO5S. The lowest BCUT2D eigenvalue weighted by atomic mass is 9.91. The molecule has 0 amide bonds. The minimum atomic E-state index is -0.944. The van der Waals surface area contributed by atoms with Gasteiger partial charge in [-0.15, -0.1) is 11.8 Å². The van der Waals surface area contributed by atoms with E-state index >= 15 is 0 Å². The molecule has 0 radical (unpaired) electrons. The van der Waals surface area contributed by atoms with Crippen LogP contribution in [0.2, 0.25) is 0 Å². The van der Waals surface area contributed by atoms with Crippen LogP contribution in [-0.4, -0.2) is 28.0 Å². The standard InChI is InChI=1S/C33H33NO5S/c1-21-29(20-40-30-8-3-2-7-28(30)32(36)37)38-33(39-31(21)25-11-9-22(19-35)10-12-25)26-15-13-24(14-16-26)27-6-4-5-23(17-27)18-34/h2-17,21,29,31,33,35H,18-20,34H2,1H3,(H,36,37)/t21-,29+,31+,33+/m0/s1. The van der Waals surface area contributed by atoms with Crippen molar-refractivity contribution in [3.63, 3.8) is 0 Å². The van der Waals surface area contributed by atoms with E-state index in [0.717, 1.165) is 33.4 Å². The average Bonchev–Trinajstić information content (AvgIpc) is 3.01. The van der Waals surface area contributed by atoms with Gasteiger partial charge in [-0.25, -0.2) is 4.79 Å². The van der Waals surface area contributed by atoms with E-state index in [1.54, 1.807) is 12.1 Å². The first-order valence-corrected chi connectivity index (χ1v) is 14.3. The molecular weight excluding hydrogens is 522 g/mol. The maximum atomic E-state index is 11.7. The summed E-state index contributed by atoms with van der Waals surface area (Å²) in [6.45, 7) is 2.57. The lowest BCUT2D eigenvalue weighted by molar-refractivity contribution is -0.268. The van der Waals surface area contributed by atoms with Crippen molar-refractivity contribution < 1.29 is 24.5 Å². The highest BCUT2D eigenvalue weighted by Crippen LogP contribution is 2.43. The van der Waals surface area contributed by atoms with Gasteiger partial charge in [0.05, 0.1) is 24.4 Å². The molecule has 206 valence electrons. The summed E-state index contributed by atoms with van der Waals surface area (Å²) in [5.74, 6) is -0.375. The molecule has 1 saturated heterocycles. The molecule has 0 bridgehead atoms. The lowest BCUT2D eigenvalue weighted by Gasteiger charge is -2.41. The van der Waals surface area contributed by atoms with Crippen molar-refractivity contribution >= 4 is 17.7 Å². The van der Waals surface area contributed by atoms with E-state index in [0.29, 0.717) is 17.2 Å². The average molecular weight is 556 g/mol. The molecule has 4 atom stereocenters. The molecule has 5 rings (SSSR count). The summed E-state index contributed by atoms with van der Waals surface area (Å²) in [7, 11) is 0. The van der Waals surface area contributed by atoms with Crippen molar-refractivity contribution in [2.24, 2.45) is 11.7 Å². The zero-order valence-electron chi connectivity index (χ0n) is 22.3. The number of carbonyl (C=O) groups is 1. The second-order valence-electron chi connectivity index (χ2n) is 9.96. The number of rotatable bonds is 9. The number of thioether (sulfide) groups is 1. The number of hydrogen-bond acceptors (Lipinski definition) is 6. The molecule has 7 heteroatoms. The molecule has 0 saturated carbocycles. The number of aromatic carboxylic acids is 1. The SMILES string of the molecule is C[C@H]1[C@@H](CSc2ccccc2C(=O)O)O[C@@H](c2ccc(-c3cccc(CN)c3)cc2)O[C@H]1c1ccc(CO)cc1. The monoisotopic (exact) mass is 555 g/mol. The van der Waals surface area contributed by atoms with Gasteiger partial charge in [-0.3, -0.25) is 0 Å². The largest absolute Gasteiger partial charge is 0.478 e. The van der Waals surface area contributed by atoms with Crippen LogP contribution in [0.1, 0.15) is 51.9 Å². The summed E-state index contributed by atoms with van der Waals surface area (Å²) >= 11 is 1.48. The fourth-order valence-electron chi connectivity index (χ4n) is 4.96. The Morgan fingerprint density at radius 1 is 0.850 bits per heavy atom. The number of aliphatic hydroxyl groups is 1. The van der Waals surface area contributed by atoms with E-state index in [-0.39, 0.29) is 30.3 Å². The maximum absolute atomic E-state index is 11.7. The van der Waals surface area contributed by atoms with Gasteiger partial charge in [0.1, 0.15) is 0 Å². The molecule has 40 heavy (non-hydrogen) atoms. The third-order valence-electron chi connectivity index (χ3n) is 7.32. The van der Waals surface area contributed by atoms with Crippen LogP contribution in [0.15, 0.2) is 102 Å². The molecule has 0 spiro atoms. The van der Waals surface area contributed by atoms with Gasteiger partial charge in [-0.1, -0.05) is 85.8 Å². The van der Waals surface area contributed by atoms with E-state index in [4.69, 9.17) is 15.2 Å². The van der Waals surface area contributed by atoms with Gasteiger partial charge in [0.2, 0.25) is 0 Å². The Labute approximate surface area is 238 Å². The molecule has 0 unspecified atom stereocenters. The highest BCUT2D eigenvalue weighted by molar-refractivity contribution is 7.99. The molecule has 1 fully saturated rings. The number of benzene rings is 4. The van der Waals surface area contributed by atoms with Crippen molar-refractivity contribution in [2.45, 2.75) is 43.5 Å². The van der Waals surface area contributed by atoms with Crippen LogP contribution in [0.4, 0.5) is 0 Å². The van der Waals surface area contributed by atoms with Crippen LogP contribution >= 0.6 is 11.8 Å². The molecule has 4 aromatic rings. The van der Waals surface area contributed by atoms with Crippen molar-refractivity contribution in [2.75, 3.05) is 5.75 Å². The van der Waals surface area contributed by atoms with Crippen LogP contribution in [-0.2, 0) is 22.6 Å². The van der Waals surface area contributed by atoms with Gasteiger partial charge in [-0.2, -0.15) is 0 Å². The minimum absolute atomic E-state index is 0.000933. The number of hydrogen-bond donors (Lipinski definition) is 3. The normalized spacial score (nSPS) is 20.8. The van der Waals surface area contributed by atoms with Crippen molar-refractivity contribution in [1.82, 2.24) is 0 Å². The zero-order valence-corrected chi connectivity index (χ0v) is 23.1. The summed E-state index contributed by atoms with van der Waals surface area (Å²) in [6, 6.07) is 31.2. The van der Waals surface area contributed by atoms with E-state index in [9.17, 15) is 15.0 Å². The molecule has 4 N–H and O–H groups in total. The second kappa shape index (κ2) is 12.8. The molecule has 0 aromatic heterocycles. The van der Waals surface area contributed by atoms with E-state index in [2.05, 4.69) is 31.2 Å². The highest BCUT2D eigenvalue weighted by atomic mass is 32.2. The third kappa shape index (κ3) is 6.30. The Kier molecular flexibility index (Phi) is 8.99. The Balaban J connectivity index is 1.41. The Morgan fingerprint density at radius 2 is 1.57 bits per heavy atom. The minimum Gasteiger partial charge on any atom is -0.478 e. The summed E-state index contributed by atoms with van der Waals surface area (Å²) in [6.07, 6.45) is -1.04. The summed E-state index contributed by atoms with van der Waals surface area (Å²) in [5, 5.41) is 19.1. The van der Waals surface area contributed by atoms with E-state index in [1.807, 2.05) is 60.7 Å². The molecule has 1 aliphatic rings. The molecule has 1 heterocycles. The predicted octanol–water partition coefficient (Wildman–Crippen LogP) is 6.59. The van der Waals surface area contributed by atoms with Crippen molar-refractivity contribution in [3.8, 4) is 11.1 Å². The van der Waals surface area contributed by atoms with Crippen molar-refractivity contribution in [1.29, 1.82) is 0 Å². The number of nitrogens with two attached hydrogens (primary N) is 1. The van der Waals surface area contributed by atoms with Gasteiger partial charge in [-0.05, 0) is 46.0 Å². The molecule has 1 aliphatic heterocycles. The topological polar surface area (TPSA) is 102 Å². The molecule has 4 aromatic carbocycles. The number of carboxylic acid groups (broad SMARTS) is 1. The van der Waals surface area contributed by atoms with E-state index < -0.39 is 12.3 Å². The van der Waals surface area contributed by atoms with Crippen LogP contribution in [0, 0.1) is 5.92 Å². The Bertz CT molecular complexity index is 1440. The smallest absolute Gasteiger partial charge is 0.336 e. The van der Waals surface area contributed by atoms with Gasteiger partial charge >= 0.3 is 5.97 Å². The van der Waals surface area contributed by atoms with Gasteiger partial charge in [0.15, 0.2) is 6.29 Å². The number of aliphatic hydroxyl groups excluding tert-OH is 1. The fraction of sp³-hybridized carbons (Fsp3) is 0.242. The van der Waals surface area contributed by atoms with Gasteiger partial charge < -0.3 is 25.4 Å². The number of ether oxygens (including phenoxy) is 2. The molecule has 6 nitrogen and oxygen atoms in total. The maximum Gasteiger partial charge on any atom is 0.336 e. The Hall–Kier alpha value is -3.46. The lowest BCUT2D eigenvalue weighted by Crippen LogP contribution is -2.38. The first-order chi connectivity index (χ1) is 19.5. The van der Waals surface area contributed by atoms with Gasteiger partial charge in [0, 0.05) is 28.7 Å². The van der Waals surface area contributed by atoms with Crippen LogP contribution < -0.4 is 5.73 Å². The Morgan fingerprint density at radius 3 is 2.27 bits per heavy atom. The third-order valence-corrected chi connectivity index (χ3v) is 8.49. The number of carboxylic acids is 1. The highest BCUT2D eigenvalue weighted by Gasteiger charge is 2.38. The fourth-order valence-corrected chi connectivity index (χ4v) is 6.17. The van der Waals surface area contributed by atoms with Crippen LogP contribution in [0.25, 0.3) is 11.1 Å². The summed E-state index contributed by atoms with van der Waals surface area (Å²) in [4.78, 5) is 12.5. The van der Waals surface area contributed by atoms with Crippen molar-refractivity contribution in [3.05, 3.63) is 125 Å². The zero-order chi connectivity index (χ0) is 28.1. The van der Waals surface area contributed by atoms with E-state index in [1.165, 1.54) is 11.8 Å². The first-order valence-electron chi connectivity index (χ1n) is 13.3. The molecule has 0 aliphatic carbocycles. The predicted molar refractivity (Wildman–Crippen MR) is 157 cm³/mol. The first kappa shape index (κ1) is 28.1. The summed E-state index contributed by atoms with van der Waals surface area (Å²) in [5.41, 5.74) is 12.1. The van der Waals surface area contributed by atoms with Gasteiger partial charge in [0.25, 0.3) is 0 Å². The quantitative estimate of drug-likeness (QED) is 0.200. The van der Waals surface area contributed by atoms with Crippen LogP contribution in [0.5, 0.6) is 0 Å².